The van der Waals surface area contributed by atoms with Crippen LogP contribution in [0.1, 0.15) is 27.1 Å². The topological polar surface area (TPSA) is 195 Å². The van der Waals surface area contributed by atoms with E-state index in [1.165, 1.54) is 4.90 Å². The lowest BCUT2D eigenvalue weighted by Gasteiger charge is -2.13. The van der Waals surface area contributed by atoms with Crippen LogP contribution in [0.4, 0.5) is 0 Å². The van der Waals surface area contributed by atoms with E-state index in [-0.39, 0.29) is 38.0 Å². The second-order valence-electron chi connectivity index (χ2n) is 11.4. The van der Waals surface area contributed by atoms with Crippen LogP contribution in [0.15, 0.2) is 24.3 Å². The van der Waals surface area contributed by atoms with Gasteiger partial charge in [0.05, 0.1) is 196 Å². The molecule has 0 saturated heterocycles. The van der Waals surface area contributed by atoms with Crippen molar-refractivity contribution in [2.24, 2.45) is 0 Å². The van der Waals surface area contributed by atoms with Gasteiger partial charge in [-0.05, 0) is 12.1 Å². The number of imide groups is 1. The standard InChI is InChI=1S/C37H61NO17/c39-35(40)5-7-43-9-11-45-13-15-47-17-19-49-21-23-51-25-27-53-29-31-55-32-30-54-28-26-52-24-22-50-20-18-48-16-14-46-12-10-44-8-6-38-36(41)33-3-1-2-4-34(33)37(38)42/h1-4H,5-32H2,(H,39,40). The summed E-state index contributed by atoms with van der Waals surface area (Å²) in [5, 5.41) is 8.50. The molecule has 1 heterocycles. The van der Waals surface area contributed by atoms with Gasteiger partial charge in [-0.3, -0.25) is 19.3 Å². The zero-order valence-electron chi connectivity index (χ0n) is 32.0. The molecule has 0 aliphatic carbocycles. The second-order valence-corrected chi connectivity index (χ2v) is 11.4. The van der Waals surface area contributed by atoms with Crippen LogP contribution >= 0.6 is 0 Å². The molecule has 1 aromatic rings. The Kier molecular flexibility index (Phi) is 31.5. The zero-order valence-corrected chi connectivity index (χ0v) is 32.0. The van der Waals surface area contributed by atoms with Crippen molar-refractivity contribution in [1.29, 1.82) is 0 Å². The first-order valence-electron chi connectivity index (χ1n) is 18.8. The number of hydrogen-bond acceptors (Lipinski definition) is 16. The Labute approximate surface area is 323 Å². The maximum absolute atomic E-state index is 12.3. The molecule has 0 atom stereocenters. The van der Waals surface area contributed by atoms with Crippen molar-refractivity contribution in [1.82, 2.24) is 4.90 Å². The van der Waals surface area contributed by atoms with Crippen LogP contribution in [0.5, 0.6) is 0 Å². The molecule has 18 heteroatoms. The fourth-order valence-corrected chi connectivity index (χ4v) is 4.50. The third-order valence-electron chi connectivity index (χ3n) is 7.26. The number of amides is 2. The predicted octanol–water partition coefficient (Wildman–Crippen LogP) is 0.973. The van der Waals surface area contributed by atoms with Crippen molar-refractivity contribution in [3.63, 3.8) is 0 Å². The van der Waals surface area contributed by atoms with Gasteiger partial charge in [-0.1, -0.05) is 12.1 Å². The van der Waals surface area contributed by atoms with Gasteiger partial charge in [0.25, 0.3) is 11.8 Å². The molecule has 316 valence electrons. The number of benzene rings is 1. The number of carbonyl (C=O) groups is 3. The summed E-state index contributed by atoms with van der Waals surface area (Å²) in [5.41, 5.74) is 0.873. The third-order valence-corrected chi connectivity index (χ3v) is 7.26. The van der Waals surface area contributed by atoms with E-state index in [2.05, 4.69) is 0 Å². The number of fused-ring (bicyclic) bond motifs is 1. The molecule has 1 aromatic carbocycles. The Hall–Kier alpha value is -2.69. The Bertz CT molecular complexity index is 1060. The fourth-order valence-electron chi connectivity index (χ4n) is 4.50. The molecule has 2 amide bonds. The average Bonchev–Trinajstić information content (AvgIpc) is 3.43. The summed E-state index contributed by atoms with van der Waals surface area (Å²) in [4.78, 5) is 36.2. The van der Waals surface area contributed by atoms with Crippen molar-refractivity contribution in [3.8, 4) is 0 Å². The second kappa shape index (κ2) is 35.7. The Morgan fingerprint density at radius 1 is 0.382 bits per heavy atom. The van der Waals surface area contributed by atoms with Gasteiger partial charge in [0.15, 0.2) is 0 Å². The molecule has 1 aliphatic rings. The van der Waals surface area contributed by atoms with Gasteiger partial charge in [0.1, 0.15) is 0 Å². The summed E-state index contributed by atoms with van der Waals surface area (Å²) in [6.45, 7) is 11.4. The molecule has 0 spiro atoms. The van der Waals surface area contributed by atoms with Crippen molar-refractivity contribution in [3.05, 3.63) is 35.4 Å². The number of rotatable bonds is 42. The Balaban J connectivity index is 1.15. The normalized spacial score (nSPS) is 12.6. The van der Waals surface area contributed by atoms with Crippen molar-refractivity contribution in [2.75, 3.05) is 178 Å². The number of carboxylic acid groups (broad SMARTS) is 1. The fraction of sp³-hybridized carbons (Fsp3) is 0.757. The van der Waals surface area contributed by atoms with E-state index in [0.29, 0.717) is 170 Å². The minimum absolute atomic E-state index is 0.00915. The first-order chi connectivity index (χ1) is 27.1. The summed E-state index contributed by atoms with van der Waals surface area (Å²) in [7, 11) is 0. The lowest BCUT2D eigenvalue weighted by atomic mass is 10.1. The molecule has 2 rings (SSSR count). The molecular formula is C37H61NO17. The monoisotopic (exact) mass is 791 g/mol. The van der Waals surface area contributed by atoms with Crippen LogP contribution < -0.4 is 0 Å². The molecule has 0 saturated carbocycles. The summed E-state index contributed by atoms with van der Waals surface area (Å²) >= 11 is 0. The van der Waals surface area contributed by atoms with Crippen LogP contribution in [0.3, 0.4) is 0 Å². The minimum atomic E-state index is -0.880. The minimum Gasteiger partial charge on any atom is -0.481 e. The van der Waals surface area contributed by atoms with E-state index in [0.717, 1.165) is 0 Å². The van der Waals surface area contributed by atoms with E-state index < -0.39 is 5.97 Å². The highest BCUT2D eigenvalue weighted by atomic mass is 16.6. The highest BCUT2D eigenvalue weighted by Gasteiger charge is 2.34. The SMILES string of the molecule is O=C(O)CCOCCOCCOCCOCCOCCOCCOCCOCCOCCOCCOCCOCCOCCN1C(=O)c2ccccc2C1=O. The molecule has 0 fully saturated rings. The molecule has 0 aromatic heterocycles. The zero-order chi connectivity index (χ0) is 39.3. The van der Waals surface area contributed by atoms with Crippen molar-refractivity contribution >= 4 is 17.8 Å². The molecule has 18 nitrogen and oxygen atoms in total. The third kappa shape index (κ3) is 26.7. The maximum Gasteiger partial charge on any atom is 0.305 e. The highest BCUT2D eigenvalue weighted by molar-refractivity contribution is 6.21. The lowest BCUT2D eigenvalue weighted by Crippen LogP contribution is -2.33. The summed E-state index contributed by atoms with van der Waals surface area (Å²) < 4.78 is 70.5. The Morgan fingerprint density at radius 3 is 0.836 bits per heavy atom. The van der Waals surface area contributed by atoms with Crippen LogP contribution in [-0.4, -0.2) is 206 Å². The number of ether oxygens (including phenoxy) is 13. The average molecular weight is 792 g/mol. The molecule has 0 radical (unpaired) electrons. The van der Waals surface area contributed by atoms with Gasteiger partial charge >= 0.3 is 5.97 Å². The summed E-state index contributed by atoms with van der Waals surface area (Å²) in [5.74, 6) is -1.45. The van der Waals surface area contributed by atoms with Gasteiger partial charge in [-0.25, -0.2) is 0 Å². The smallest absolute Gasteiger partial charge is 0.305 e. The Morgan fingerprint density at radius 2 is 0.600 bits per heavy atom. The van der Waals surface area contributed by atoms with Gasteiger partial charge in [-0.15, -0.1) is 0 Å². The van der Waals surface area contributed by atoms with Crippen LogP contribution in [0, 0.1) is 0 Å². The highest BCUT2D eigenvalue weighted by Crippen LogP contribution is 2.21. The molecular weight excluding hydrogens is 730 g/mol. The quantitative estimate of drug-likeness (QED) is 0.0726. The number of carbonyl (C=O) groups excluding carboxylic acids is 2. The lowest BCUT2D eigenvalue weighted by molar-refractivity contribution is -0.138. The first-order valence-corrected chi connectivity index (χ1v) is 18.8. The van der Waals surface area contributed by atoms with E-state index in [9.17, 15) is 14.4 Å². The van der Waals surface area contributed by atoms with E-state index in [1.807, 2.05) is 0 Å². The molecule has 0 unspecified atom stereocenters. The largest absolute Gasteiger partial charge is 0.481 e. The molecule has 1 aliphatic heterocycles. The van der Waals surface area contributed by atoms with Crippen molar-refractivity contribution in [2.45, 2.75) is 6.42 Å². The number of nitrogens with zero attached hydrogens (tertiary/aromatic N) is 1. The maximum atomic E-state index is 12.3. The van der Waals surface area contributed by atoms with Crippen molar-refractivity contribution < 1.29 is 81.1 Å². The van der Waals surface area contributed by atoms with Gasteiger partial charge in [0, 0.05) is 0 Å². The van der Waals surface area contributed by atoms with Crippen LogP contribution in [0.25, 0.3) is 0 Å². The summed E-state index contributed by atoms with van der Waals surface area (Å²) in [6, 6.07) is 6.80. The van der Waals surface area contributed by atoms with E-state index in [4.69, 9.17) is 66.7 Å². The molecule has 55 heavy (non-hydrogen) atoms. The summed E-state index contributed by atoms with van der Waals surface area (Å²) in [6.07, 6.45) is -0.00915. The van der Waals surface area contributed by atoms with Crippen LogP contribution in [0.2, 0.25) is 0 Å². The van der Waals surface area contributed by atoms with E-state index >= 15 is 0 Å². The first kappa shape index (κ1) is 48.5. The number of aliphatic carboxylic acids is 1. The number of hydrogen-bond donors (Lipinski definition) is 1. The molecule has 0 bridgehead atoms. The predicted molar refractivity (Wildman–Crippen MR) is 195 cm³/mol. The van der Waals surface area contributed by atoms with Crippen LogP contribution in [-0.2, 0) is 66.4 Å². The van der Waals surface area contributed by atoms with Gasteiger partial charge < -0.3 is 66.7 Å². The van der Waals surface area contributed by atoms with Gasteiger partial charge in [0.2, 0.25) is 0 Å². The molecule has 1 N–H and O–H groups in total. The van der Waals surface area contributed by atoms with Gasteiger partial charge in [-0.2, -0.15) is 0 Å². The number of carboxylic acids is 1. The van der Waals surface area contributed by atoms with E-state index in [1.54, 1.807) is 24.3 Å².